The maximum absolute atomic E-state index is 5.96. The Labute approximate surface area is 331 Å². The van der Waals surface area contributed by atoms with Crippen LogP contribution in [-0.4, -0.2) is 47.3 Å². The van der Waals surface area contributed by atoms with Gasteiger partial charge in [0, 0.05) is 77.8 Å². The lowest BCUT2D eigenvalue weighted by molar-refractivity contribution is 0.217. The Kier molecular flexibility index (Phi) is 10.5. The van der Waals surface area contributed by atoms with Crippen LogP contribution in [0.4, 0.5) is 5.69 Å². The van der Waals surface area contributed by atoms with E-state index in [4.69, 9.17) is 47.6 Å². The summed E-state index contributed by atoms with van der Waals surface area (Å²) in [5, 5.41) is 0. The van der Waals surface area contributed by atoms with Gasteiger partial charge in [0.15, 0.2) is 0 Å². The summed E-state index contributed by atoms with van der Waals surface area (Å²) in [5.41, 5.74) is 32.0. The van der Waals surface area contributed by atoms with E-state index in [1.54, 1.807) is 18.5 Å². The third-order valence-corrected chi connectivity index (χ3v) is 11.2. The van der Waals surface area contributed by atoms with Crippen molar-refractivity contribution in [1.82, 2.24) is 9.97 Å². The number of fused-ring (bicyclic) bond motifs is 8. The van der Waals surface area contributed by atoms with Crippen LogP contribution >= 0.6 is 54.5 Å². The second-order valence-corrected chi connectivity index (χ2v) is 16.1. The van der Waals surface area contributed by atoms with Gasteiger partial charge in [0.2, 0.25) is 11.8 Å². The van der Waals surface area contributed by atoms with E-state index in [0.29, 0.717) is 49.3 Å². The molecule has 272 valence electrons. The molecule has 52 heavy (non-hydrogen) atoms. The molecule has 9 rings (SSSR count). The molecule has 1 aliphatic carbocycles. The number of ether oxygens (including phenoxy) is 4. The molecule has 2 spiro atoms. The lowest BCUT2D eigenvalue weighted by Gasteiger charge is -2.38. The van der Waals surface area contributed by atoms with E-state index in [2.05, 4.69) is 80.5 Å². The molecular formula is C36H38Br2IN9O4. The number of amidine groups is 2. The zero-order valence-electron chi connectivity index (χ0n) is 28.0. The summed E-state index contributed by atoms with van der Waals surface area (Å²) in [7, 11) is 0. The van der Waals surface area contributed by atoms with Gasteiger partial charge in [-0.05, 0) is 116 Å². The molecule has 4 atom stereocenters. The van der Waals surface area contributed by atoms with E-state index >= 15 is 0 Å². The number of anilines is 1. The van der Waals surface area contributed by atoms with Crippen molar-refractivity contribution in [1.29, 1.82) is 0 Å². The molecule has 13 nitrogen and oxygen atoms in total. The highest BCUT2D eigenvalue weighted by atomic mass is 127. The fourth-order valence-electron chi connectivity index (χ4n) is 7.11. The number of halogens is 3. The second-order valence-electron chi connectivity index (χ2n) is 13.0. The Hall–Kier alpha value is -3.71. The fourth-order valence-corrected chi connectivity index (χ4v) is 8.26. The third-order valence-electron chi connectivity index (χ3n) is 9.68. The Morgan fingerprint density at radius 2 is 1.13 bits per heavy atom. The first-order valence-electron chi connectivity index (χ1n) is 16.8. The van der Waals surface area contributed by atoms with Crippen molar-refractivity contribution in [2.24, 2.45) is 32.9 Å². The van der Waals surface area contributed by atoms with Crippen molar-refractivity contribution >= 4 is 72.2 Å². The van der Waals surface area contributed by atoms with E-state index < -0.39 is 11.1 Å². The summed E-state index contributed by atoms with van der Waals surface area (Å²) >= 11 is 9.22. The molecule has 2 aromatic carbocycles. The summed E-state index contributed by atoms with van der Waals surface area (Å²) in [6, 6.07) is 16.4. The van der Waals surface area contributed by atoms with Gasteiger partial charge in [-0.3, -0.25) is 0 Å². The van der Waals surface area contributed by atoms with E-state index in [9.17, 15) is 0 Å². The molecule has 4 aliphatic heterocycles. The Balaban J connectivity index is 0.000000134. The highest BCUT2D eigenvalue weighted by molar-refractivity contribution is 14.1. The summed E-state index contributed by atoms with van der Waals surface area (Å²) in [4.78, 5) is 18.0. The highest BCUT2D eigenvalue weighted by Crippen LogP contribution is 2.53. The molecule has 1 saturated carbocycles. The van der Waals surface area contributed by atoms with Gasteiger partial charge < -0.3 is 47.6 Å². The quantitative estimate of drug-likeness (QED) is 0.0980. The maximum atomic E-state index is 5.96. The number of rotatable bonds is 0. The first-order valence-corrected chi connectivity index (χ1v) is 19.5. The number of nitrogens with zero attached hydrogens (tertiary/aromatic N) is 4. The zero-order chi connectivity index (χ0) is 36.6. The molecular weight excluding hydrogens is 909 g/mol. The molecule has 0 radical (unpaired) electrons. The van der Waals surface area contributed by atoms with Gasteiger partial charge in [-0.2, -0.15) is 0 Å². The predicted octanol–water partition coefficient (Wildman–Crippen LogP) is 6.26. The van der Waals surface area contributed by atoms with Gasteiger partial charge in [-0.15, -0.1) is 0 Å². The topological polar surface area (TPSA) is 218 Å². The van der Waals surface area contributed by atoms with Crippen molar-refractivity contribution in [3.63, 3.8) is 0 Å². The molecule has 1 fully saturated rings. The predicted molar refractivity (Wildman–Crippen MR) is 214 cm³/mol. The number of aliphatic imine (C=N–C) groups is 2. The fraction of sp³-hybridized carbons (Fsp3) is 0.333. The Morgan fingerprint density at radius 1 is 0.654 bits per heavy atom. The largest absolute Gasteiger partial charge is 0.465 e. The average Bonchev–Trinajstić information content (AvgIpc) is 3.12. The minimum atomic E-state index is -0.683. The standard InChI is InChI=1S/C15H11BrIN3O2.C15H13BrN4O2.C6H14N2/c2*16-8-5-11-13(19-7-8)22-12-2-1-9(17)6-10(12)15(11)3-4-21-14(18)20-15;7-5-3-1-2-4-6(5)8/h1-2,5-7H,3-4H2,(H2,18,20);1-2,5-7H,3-4,17H2,(H2,18,20);5-6H,1-4,7-8H2/t2*15-;5-,6-/m000/s1. The van der Waals surface area contributed by atoms with E-state index in [1.807, 2.05) is 36.4 Å². The van der Waals surface area contributed by atoms with Crippen molar-refractivity contribution in [2.75, 3.05) is 18.9 Å². The van der Waals surface area contributed by atoms with E-state index in [0.717, 1.165) is 53.4 Å². The minimum Gasteiger partial charge on any atom is -0.465 e. The summed E-state index contributed by atoms with van der Waals surface area (Å²) < 4.78 is 25.4. The van der Waals surface area contributed by atoms with E-state index in [-0.39, 0.29) is 24.1 Å². The Morgan fingerprint density at radius 3 is 1.62 bits per heavy atom. The SMILES string of the molecule is NC1=N[C@@]2(CCO1)c1cc(I)ccc1Oc1ncc(Br)cc12.NC1=N[C@@]2(CCO1)c1cc(N)ccc1Oc1ncc(Br)cc12.N[C@H]1CCCC[C@@H]1N. The van der Waals surface area contributed by atoms with Gasteiger partial charge in [-0.25, -0.2) is 20.0 Å². The van der Waals surface area contributed by atoms with Crippen LogP contribution in [0.15, 0.2) is 79.9 Å². The molecule has 10 N–H and O–H groups in total. The summed E-state index contributed by atoms with van der Waals surface area (Å²) in [6.07, 6.45) is 9.54. The molecule has 16 heteroatoms. The smallest absolute Gasteiger partial charge is 0.283 e. The molecule has 5 aliphatic rings. The van der Waals surface area contributed by atoms with Crippen molar-refractivity contribution < 1.29 is 18.9 Å². The van der Waals surface area contributed by atoms with Crippen LogP contribution in [0.25, 0.3) is 0 Å². The molecule has 6 heterocycles. The summed E-state index contributed by atoms with van der Waals surface area (Å²) in [5.74, 6) is 2.55. The van der Waals surface area contributed by atoms with Crippen LogP contribution in [0.3, 0.4) is 0 Å². The average molecular weight is 947 g/mol. The third kappa shape index (κ3) is 7.14. The van der Waals surface area contributed by atoms with Crippen LogP contribution in [-0.2, 0) is 20.6 Å². The molecule has 4 aromatic rings. The number of pyridine rings is 2. The van der Waals surface area contributed by atoms with Gasteiger partial charge in [-0.1, -0.05) is 12.8 Å². The lowest BCUT2D eigenvalue weighted by atomic mass is 9.78. The molecule has 0 saturated heterocycles. The van der Waals surface area contributed by atoms with Crippen LogP contribution in [0.2, 0.25) is 0 Å². The van der Waals surface area contributed by atoms with Gasteiger partial charge >= 0.3 is 0 Å². The normalized spacial score (nSPS) is 24.9. The highest BCUT2D eigenvalue weighted by Gasteiger charge is 2.47. The van der Waals surface area contributed by atoms with Crippen LogP contribution in [0, 0.1) is 3.57 Å². The van der Waals surface area contributed by atoms with Gasteiger partial charge in [0.25, 0.3) is 12.0 Å². The van der Waals surface area contributed by atoms with Crippen LogP contribution < -0.4 is 38.1 Å². The zero-order valence-corrected chi connectivity index (χ0v) is 33.4. The number of nitrogen functional groups attached to an aromatic ring is 1. The van der Waals surface area contributed by atoms with Crippen LogP contribution in [0.1, 0.15) is 60.8 Å². The minimum absolute atomic E-state index is 0.160. The first kappa shape index (κ1) is 36.6. The molecule has 0 bridgehead atoms. The number of aromatic nitrogens is 2. The van der Waals surface area contributed by atoms with Gasteiger partial charge in [0.05, 0.1) is 13.2 Å². The second kappa shape index (κ2) is 15.0. The van der Waals surface area contributed by atoms with Gasteiger partial charge in [0.1, 0.15) is 22.6 Å². The first-order chi connectivity index (χ1) is 25.0. The molecule has 0 amide bonds. The Bertz CT molecular complexity index is 1820. The molecule has 0 unspecified atom stereocenters. The monoisotopic (exact) mass is 945 g/mol. The number of hydrogen-bond acceptors (Lipinski definition) is 13. The van der Waals surface area contributed by atoms with E-state index in [1.165, 1.54) is 12.8 Å². The van der Waals surface area contributed by atoms with Crippen LogP contribution in [0.5, 0.6) is 23.3 Å². The van der Waals surface area contributed by atoms with Crippen molar-refractivity contribution in [3.8, 4) is 23.3 Å². The van der Waals surface area contributed by atoms with Crippen molar-refractivity contribution in [3.05, 3.63) is 95.7 Å². The maximum Gasteiger partial charge on any atom is 0.283 e. The number of hydrogen-bond donors (Lipinski definition) is 5. The van der Waals surface area contributed by atoms with Crippen molar-refractivity contribution in [2.45, 2.75) is 61.7 Å². The lowest BCUT2D eigenvalue weighted by Crippen LogP contribution is -2.43. The number of nitrogens with two attached hydrogens (primary N) is 5. The molecule has 2 aromatic heterocycles. The summed E-state index contributed by atoms with van der Waals surface area (Å²) in [6.45, 7) is 0.974. The number of benzene rings is 2.